The number of hydrogen-bond acceptors (Lipinski definition) is 3. The van der Waals surface area contributed by atoms with Crippen LogP contribution in [0.2, 0.25) is 0 Å². The lowest BCUT2D eigenvalue weighted by Gasteiger charge is -2.14. The molecular formula is C10H18O3. The van der Waals surface area contributed by atoms with E-state index in [4.69, 9.17) is 5.11 Å². The van der Waals surface area contributed by atoms with Crippen LogP contribution in [-0.4, -0.2) is 24.3 Å². The fourth-order valence-electron chi connectivity index (χ4n) is 1.20. The second-order valence-electron chi connectivity index (χ2n) is 2.64. The van der Waals surface area contributed by atoms with E-state index in [0.717, 1.165) is 19.3 Å². The topological polar surface area (TPSA) is 46.5 Å². The largest absolute Gasteiger partial charge is 0.466 e. The van der Waals surface area contributed by atoms with Crippen molar-refractivity contribution in [2.45, 2.75) is 39.2 Å². The third kappa shape index (κ3) is 4.08. The predicted molar refractivity (Wildman–Crippen MR) is 51.3 cm³/mol. The molecule has 76 valence electrons. The summed E-state index contributed by atoms with van der Waals surface area (Å²) in [7, 11) is 1.35. The summed E-state index contributed by atoms with van der Waals surface area (Å²) in [5.74, 6) is -0.316. The predicted octanol–water partition coefficient (Wildman–Crippen LogP) is 1.66. The van der Waals surface area contributed by atoms with Gasteiger partial charge in [0.1, 0.15) is 0 Å². The van der Waals surface area contributed by atoms with Crippen LogP contribution >= 0.6 is 0 Å². The molecule has 0 aromatic heterocycles. The van der Waals surface area contributed by atoms with E-state index < -0.39 is 6.10 Å². The Hall–Kier alpha value is -0.830. The van der Waals surface area contributed by atoms with Crippen molar-refractivity contribution in [3.63, 3.8) is 0 Å². The molecule has 0 unspecified atom stereocenters. The fourth-order valence-corrected chi connectivity index (χ4v) is 1.20. The van der Waals surface area contributed by atoms with Gasteiger partial charge >= 0.3 is 5.97 Å². The normalized spacial score (nSPS) is 20.9. The van der Waals surface area contributed by atoms with Gasteiger partial charge in [-0.2, -0.15) is 0 Å². The van der Waals surface area contributed by atoms with Gasteiger partial charge in [-0.3, -0.25) is 0 Å². The van der Waals surface area contributed by atoms with E-state index in [-0.39, 0.29) is 5.97 Å². The molecule has 1 N–H and O–H groups in total. The molecular weight excluding hydrogens is 168 g/mol. The van der Waals surface area contributed by atoms with Crippen LogP contribution in [0.15, 0.2) is 11.6 Å². The Balaban J connectivity index is 0.000000671. The van der Waals surface area contributed by atoms with Gasteiger partial charge in [0.05, 0.1) is 13.2 Å². The number of carbonyl (C=O) groups is 1. The molecule has 1 atom stereocenters. The van der Waals surface area contributed by atoms with E-state index in [1.807, 2.05) is 13.8 Å². The monoisotopic (exact) mass is 186 g/mol. The lowest BCUT2D eigenvalue weighted by atomic mass is 9.98. The summed E-state index contributed by atoms with van der Waals surface area (Å²) in [5, 5.41) is 9.14. The Bertz CT molecular complexity index is 185. The first-order chi connectivity index (χ1) is 6.24. The summed E-state index contributed by atoms with van der Waals surface area (Å²) >= 11 is 0. The highest BCUT2D eigenvalue weighted by Gasteiger charge is 2.16. The molecule has 0 aliphatic heterocycles. The van der Waals surface area contributed by atoms with Crippen LogP contribution in [0, 0.1) is 0 Å². The van der Waals surface area contributed by atoms with E-state index in [2.05, 4.69) is 4.74 Å². The Morgan fingerprint density at radius 1 is 1.62 bits per heavy atom. The summed E-state index contributed by atoms with van der Waals surface area (Å²) in [4.78, 5) is 10.9. The molecule has 13 heavy (non-hydrogen) atoms. The van der Waals surface area contributed by atoms with Crippen LogP contribution in [0.25, 0.3) is 0 Å². The first kappa shape index (κ1) is 12.2. The minimum Gasteiger partial charge on any atom is -0.466 e. The number of carbonyl (C=O) groups excluding carboxylic acids is 1. The van der Waals surface area contributed by atoms with Crippen molar-refractivity contribution in [3.8, 4) is 0 Å². The highest BCUT2D eigenvalue weighted by molar-refractivity contribution is 5.88. The molecule has 3 heteroatoms. The third-order valence-corrected chi connectivity index (χ3v) is 1.79. The molecule has 0 amide bonds. The second kappa shape index (κ2) is 6.66. The fraction of sp³-hybridized carbons (Fsp3) is 0.700. The number of esters is 1. The van der Waals surface area contributed by atoms with Gasteiger partial charge in [-0.1, -0.05) is 13.8 Å². The number of aliphatic hydroxyl groups excluding tert-OH is 1. The number of aliphatic hydroxyl groups is 1. The number of ether oxygens (including phenoxy) is 1. The van der Waals surface area contributed by atoms with E-state index in [1.54, 1.807) is 6.08 Å². The Labute approximate surface area is 79.4 Å². The Kier molecular flexibility index (Phi) is 6.24. The Morgan fingerprint density at radius 2 is 2.23 bits per heavy atom. The van der Waals surface area contributed by atoms with Crippen LogP contribution in [0.1, 0.15) is 33.1 Å². The average molecular weight is 186 g/mol. The number of methoxy groups -OCH3 is 1. The standard InChI is InChI=1S/C8H12O3.C2H6/c1-11-8(10)6-3-2-4-7(9)5-6;1-2/h5,7,9H,2-4H2,1H3;1-2H3/t7-;/m0./s1. The van der Waals surface area contributed by atoms with Crippen molar-refractivity contribution in [1.82, 2.24) is 0 Å². The van der Waals surface area contributed by atoms with E-state index >= 15 is 0 Å². The number of hydrogen-bond donors (Lipinski definition) is 1. The molecule has 1 rings (SSSR count). The summed E-state index contributed by atoms with van der Waals surface area (Å²) in [6, 6.07) is 0. The summed E-state index contributed by atoms with van der Waals surface area (Å²) < 4.78 is 4.52. The van der Waals surface area contributed by atoms with Gasteiger partial charge in [0.15, 0.2) is 0 Å². The lowest BCUT2D eigenvalue weighted by molar-refractivity contribution is -0.136. The molecule has 0 heterocycles. The minimum atomic E-state index is -0.460. The molecule has 0 spiro atoms. The quantitative estimate of drug-likeness (QED) is 0.633. The zero-order valence-corrected chi connectivity index (χ0v) is 8.54. The highest BCUT2D eigenvalue weighted by atomic mass is 16.5. The van der Waals surface area contributed by atoms with Gasteiger partial charge < -0.3 is 9.84 Å². The molecule has 0 aromatic rings. The van der Waals surface area contributed by atoms with Gasteiger partial charge in [0, 0.05) is 5.57 Å². The molecule has 0 saturated carbocycles. The summed E-state index contributed by atoms with van der Waals surface area (Å²) in [6.45, 7) is 4.00. The maximum atomic E-state index is 10.9. The van der Waals surface area contributed by atoms with Gasteiger partial charge in [-0.05, 0) is 25.3 Å². The lowest BCUT2D eigenvalue weighted by Crippen LogP contribution is -2.15. The Morgan fingerprint density at radius 3 is 2.69 bits per heavy atom. The van der Waals surface area contributed by atoms with Crippen molar-refractivity contribution < 1.29 is 14.6 Å². The zero-order chi connectivity index (χ0) is 10.3. The SMILES string of the molecule is CC.COC(=O)C1=C[C@@H](O)CCC1. The molecule has 1 aliphatic rings. The van der Waals surface area contributed by atoms with Crippen LogP contribution in [0.4, 0.5) is 0 Å². The maximum Gasteiger partial charge on any atom is 0.333 e. The van der Waals surface area contributed by atoms with Gasteiger partial charge in [0.2, 0.25) is 0 Å². The maximum absolute atomic E-state index is 10.9. The van der Waals surface area contributed by atoms with E-state index in [9.17, 15) is 4.79 Å². The molecule has 0 aromatic carbocycles. The van der Waals surface area contributed by atoms with Gasteiger partial charge in [0.25, 0.3) is 0 Å². The van der Waals surface area contributed by atoms with Crippen molar-refractivity contribution in [3.05, 3.63) is 11.6 Å². The average Bonchev–Trinajstić information content (AvgIpc) is 2.20. The molecule has 1 aliphatic carbocycles. The smallest absolute Gasteiger partial charge is 0.333 e. The summed E-state index contributed by atoms with van der Waals surface area (Å²) in [6.07, 6.45) is 3.46. The molecule has 3 nitrogen and oxygen atoms in total. The van der Waals surface area contributed by atoms with E-state index in [1.165, 1.54) is 7.11 Å². The molecule has 0 radical (unpaired) electrons. The molecule has 0 fully saturated rings. The van der Waals surface area contributed by atoms with E-state index in [0.29, 0.717) is 5.57 Å². The number of rotatable bonds is 1. The van der Waals surface area contributed by atoms with Crippen LogP contribution in [0.5, 0.6) is 0 Å². The second-order valence-corrected chi connectivity index (χ2v) is 2.64. The van der Waals surface area contributed by atoms with Crippen molar-refractivity contribution in [2.75, 3.05) is 7.11 Å². The van der Waals surface area contributed by atoms with Crippen LogP contribution < -0.4 is 0 Å². The van der Waals surface area contributed by atoms with Gasteiger partial charge in [-0.25, -0.2) is 4.79 Å². The van der Waals surface area contributed by atoms with Crippen LogP contribution in [-0.2, 0) is 9.53 Å². The van der Waals surface area contributed by atoms with Crippen molar-refractivity contribution in [2.24, 2.45) is 0 Å². The summed E-state index contributed by atoms with van der Waals surface area (Å²) in [5.41, 5.74) is 0.603. The molecule has 0 bridgehead atoms. The third-order valence-electron chi connectivity index (χ3n) is 1.79. The van der Waals surface area contributed by atoms with Crippen LogP contribution in [0.3, 0.4) is 0 Å². The highest BCUT2D eigenvalue weighted by Crippen LogP contribution is 2.18. The zero-order valence-electron chi connectivity index (χ0n) is 8.54. The van der Waals surface area contributed by atoms with Gasteiger partial charge in [-0.15, -0.1) is 0 Å². The minimum absolute atomic E-state index is 0.316. The molecule has 0 saturated heterocycles. The van der Waals surface area contributed by atoms with Crippen molar-refractivity contribution in [1.29, 1.82) is 0 Å². The first-order valence-corrected chi connectivity index (χ1v) is 4.71. The first-order valence-electron chi connectivity index (χ1n) is 4.71. The van der Waals surface area contributed by atoms with Crippen molar-refractivity contribution >= 4 is 5.97 Å².